The van der Waals surface area contributed by atoms with Gasteiger partial charge in [-0.3, -0.25) is 9.20 Å². The lowest BCUT2D eigenvalue weighted by Crippen LogP contribution is -2.47. The first-order valence-corrected chi connectivity index (χ1v) is 11.3. The number of amides is 1. The third kappa shape index (κ3) is 4.44. The number of benzene rings is 1. The van der Waals surface area contributed by atoms with Crippen LogP contribution in [0.15, 0.2) is 61.1 Å². The van der Waals surface area contributed by atoms with Gasteiger partial charge in [-0.25, -0.2) is 19.3 Å². The molecule has 3 aromatic heterocycles. The van der Waals surface area contributed by atoms with Crippen LogP contribution in [-0.2, 0) is 4.79 Å². The molecule has 1 aliphatic rings. The molecule has 1 amide bonds. The summed E-state index contributed by atoms with van der Waals surface area (Å²) in [6, 6.07) is 11.4. The number of imidazole rings is 1. The van der Waals surface area contributed by atoms with Gasteiger partial charge in [0.15, 0.2) is 11.9 Å². The Morgan fingerprint density at radius 1 is 1.21 bits per heavy atom. The number of piperidine rings is 1. The van der Waals surface area contributed by atoms with Gasteiger partial charge < -0.3 is 15.3 Å². The Morgan fingerprint density at radius 2 is 2.06 bits per heavy atom. The summed E-state index contributed by atoms with van der Waals surface area (Å²) in [7, 11) is 0. The third-order valence-electron chi connectivity index (χ3n) is 5.87. The molecule has 0 unspecified atom stereocenters. The molecule has 4 aromatic rings. The van der Waals surface area contributed by atoms with Gasteiger partial charge in [0.05, 0.1) is 6.20 Å². The molecule has 0 spiro atoms. The zero-order chi connectivity index (χ0) is 23.7. The molecule has 0 aliphatic carbocycles. The zero-order valence-electron chi connectivity index (χ0n) is 18.1. The summed E-state index contributed by atoms with van der Waals surface area (Å²) in [4.78, 5) is 27.8. The molecule has 0 radical (unpaired) electrons. The number of fused-ring (bicyclic) bond motifs is 1. The molecule has 5 rings (SSSR count). The summed E-state index contributed by atoms with van der Waals surface area (Å²) in [6.45, 7) is 0.974. The van der Waals surface area contributed by atoms with E-state index in [-0.39, 0.29) is 17.8 Å². The molecular formula is C24H22ClFN6O2. The van der Waals surface area contributed by atoms with Crippen LogP contribution in [0.1, 0.15) is 24.5 Å². The highest BCUT2D eigenvalue weighted by Gasteiger charge is 2.30. The van der Waals surface area contributed by atoms with Crippen molar-refractivity contribution in [1.29, 1.82) is 0 Å². The maximum atomic E-state index is 13.7. The molecule has 174 valence electrons. The Labute approximate surface area is 200 Å². The van der Waals surface area contributed by atoms with Crippen molar-refractivity contribution in [3.8, 4) is 11.5 Å². The van der Waals surface area contributed by atoms with Crippen molar-refractivity contribution in [3.63, 3.8) is 0 Å². The minimum absolute atomic E-state index is 0.0569. The molecule has 1 aliphatic heterocycles. The second kappa shape index (κ2) is 9.36. The molecule has 2 N–H and O–H groups in total. The molecule has 1 fully saturated rings. The molecule has 8 nitrogen and oxygen atoms in total. The van der Waals surface area contributed by atoms with Crippen LogP contribution < -0.4 is 5.32 Å². The van der Waals surface area contributed by atoms with E-state index < -0.39 is 6.10 Å². The van der Waals surface area contributed by atoms with Crippen molar-refractivity contribution in [2.75, 3.05) is 18.4 Å². The highest BCUT2D eigenvalue weighted by atomic mass is 35.5. The van der Waals surface area contributed by atoms with Crippen molar-refractivity contribution in [2.45, 2.75) is 25.0 Å². The molecule has 1 saturated heterocycles. The van der Waals surface area contributed by atoms with Gasteiger partial charge in [-0.15, -0.1) is 0 Å². The van der Waals surface area contributed by atoms with E-state index in [0.29, 0.717) is 46.7 Å². The van der Waals surface area contributed by atoms with Gasteiger partial charge in [0, 0.05) is 42.1 Å². The number of aliphatic hydroxyl groups excluding tert-OH is 1. The smallest absolute Gasteiger partial charge is 0.256 e. The summed E-state index contributed by atoms with van der Waals surface area (Å²) in [5, 5.41) is 14.3. The minimum Gasteiger partial charge on any atom is -0.378 e. The van der Waals surface area contributed by atoms with E-state index in [1.54, 1.807) is 58.1 Å². The van der Waals surface area contributed by atoms with Crippen LogP contribution >= 0.6 is 11.6 Å². The number of halogens is 2. The third-order valence-corrected chi connectivity index (χ3v) is 6.22. The van der Waals surface area contributed by atoms with Crippen molar-refractivity contribution >= 4 is 29.0 Å². The van der Waals surface area contributed by atoms with E-state index in [1.165, 1.54) is 12.3 Å². The quantitative estimate of drug-likeness (QED) is 0.452. The van der Waals surface area contributed by atoms with Crippen LogP contribution in [0.3, 0.4) is 0 Å². The van der Waals surface area contributed by atoms with Crippen LogP contribution in [0.4, 0.5) is 10.2 Å². The molecule has 1 aromatic carbocycles. The Balaban J connectivity index is 1.31. The second-order valence-electron chi connectivity index (χ2n) is 8.18. The Bertz CT molecular complexity index is 1350. The maximum Gasteiger partial charge on any atom is 0.256 e. The normalized spacial score (nSPS) is 17.0. The number of anilines is 1. The number of hydrogen-bond acceptors (Lipinski definition) is 6. The predicted octanol–water partition coefficient (Wildman–Crippen LogP) is 3.72. The molecular weight excluding hydrogens is 459 g/mol. The van der Waals surface area contributed by atoms with Crippen molar-refractivity contribution in [3.05, 3.63) is 77.5 Å². The molecule has 10 heteroatoms. The summed E-state index contributed by atoms with van der Waals surface area (Å²) < 4.78 is 15.3. The fraction of sp³-hybridized carbons (Fsp3) is 0.250. The lowest BCUT2D eigenvalue weighted by Gasteiger charge is -2.34. The number of carbonyl (C=O) groups excluding carboxylic acids is 1. The van der Waals surface area contributed by atoms with E-state index in [1.807, 2.05) is 0 Å². The fourth-order valence-corrected chi connectivity index (χ4v) is 4.43. The van der Waals surface area contributed by atoms with Gasteiger partial charge >= 0.3 is 0 Å². The number of nitrogens with zero attached hydrogens (tertiary/aromatic N) is 5. The summed E-state index contributed by atoms with van der Waals surface area (Å²) in [5.74, 6) is 0.228. The predicted molar refractivity (Wildman–Crippen MR) is 126 cm³/mol. The maximum absolute atomic E-state index is 13.7. The minimum atomic E-state index is -1.31. The number of pyridine rings is 1. The molecule has 2 atom stereocenters. The van der Waals surface area contributed by atoms with Gasteiger partial charge in [0.1, 0.15) is 23.0 Å². The van der Waals surface area contributed by atoms with Gasteiger partial charge in [-0.1, -0.05) is 29.8 Å². The van der Waals surface area contributed by atoms with E-state index >= 15 is 0 Å². The lowest BCUT2D eigenvalue weighted by molar-refractivity contribution is -0.141. The number of hydrogen-bond donors (Lipinski definition) is 2. The van der Waals surface area contributed by atoms with E-state index in [0.717, 1.165) is 12.8 Å². The van der Waals surface area contributed by atoms with Crippen molar-refractivity contribution < 1.29 is 14.3 Å². The van der Waals surface area contributed by atoms with Crippen molar-refractivity contribution in [1.82, 2.24) is 24.3 Å². The first kappa shape index (κ1) is 22.2. The first-order chi connectivity index (χ1) is 16.5. The SMILES string of the molecule is O=C([C@H](O)c1ccccc1Cl)N1CCC[C@@H](Nc2ccnc(-c3cnc4ccc(F)cn34)n2)C1. The van der Waals surface area contributed by atoms with Crippen LogP contribution in [0.25, 0.3) is 17.2 Å². The average Bonchev–Trinajstić information content (AvgIpc) is 3.27. The second-order valence-corrected chi connectivity index (χ2v) is 8.58. The highest BCUT2D eigenvalue weighted by molar-refractivity contribution is 6.31. The van der Waals surface area contributed by atoms with Gasteiger partial charge in [-0.2, -0.15) is 0 Å². The number of carbonyl (C=O) groups is 1. The highest BCUT2D eigenvalue weighted by Crippen LogP contribution is 2.26. The number of aromatic nitrogens is 4. The largest absolute Gasteiger partial charge is 0.378 e. The van der Waals surface area contributed by atoms with Gasteiger partial charge in [0.25, 0.3) is 5.91 Å². The van der Waals surface area contributed by atoms with E-state index in [9.17, 15) is 14.3 Å². The number of nitrogens with one attached hydrogen (secondary N) is 1. The molecule has 0 saturated carbocycles. The van der Waals surface area contributed by atoms with E-state index in [4.69, 9.17) is 11.6 Å². The van der Waals surface area contributed by atoms with Gasteiger partial charge in [0.2, 0.25) is 0 Å². The average molecular weight is 481 g/mol. The standard InChI is InChI=1S/C24H22ClFN6O2/c25-18-6-2-1-5-17(18)22(33)24(34)31-11-3-4-16(14-31)29-20-9-10-27-23(30-20)19-12-28-21-8-7-15(26)13-32(19)21/h1-2,5-10,12-13,16,22,33H,3-4,11,14H2,(H,27,29,30)/t16-,22-/m1/s1. The molecule has 34 heavy (non-hydrogen) atoms. The first-order valence-electron chi connectivity index (χ1n) is 10.9. The Morgan fingerprint density at radius 3 is 2.91 bits per heavy atom. The van der Waals surface area contributed by atoms with Gasteiger partial charge in [-0.05, 0) is 37.1 Å². The van der Waals surface area contributed by atoms with Crippen LogP contribution in [0.2, 0.25) is 5.02 Å². The Kier molecular flexibility index (Phi) is 6.12. The number of aliphatic hydroxyl groups is 1. The topological polar surface area (TPSA) is 95.7 Å². The Hall–Kier alpha value is -3.56. The molecule has 0 bridgehead atoms. The number of likely N-dealkylation sites (tertiary alicyclic amines) is 1. The van der Waals surface area contributed by atoms with Crippen molar-refractivity contribution in [2.24, 2.45) is 0 Å². The molecule has 4 heterocycles. The summed E-state index contributed by atoms with van der Waals surface area (Å²) >= 11 is 6.16. The van der Waals surface area contributed by atoms with E-state index in [2.05, 4.69) is 20.3 Å². The van der Waals surface area contributed by atoms with Crippen LogP contribution in [0.5, 0.6) is 0 Å². The fourth-order valence-electron chi connectivity index (χ4n) is 4.19. The monoisotopic (exact) mass is 480 g/mol. The zero-order valence-corrected chi connectivity index (χ0v) is 18.9. The van der Waals surface area contributed by atoms with Crippen LogP contribution in [0, 0.1) is 5.82 Å². The van der Waals surface area contributed by atoms with Crippen LogP contribution in [-0.4, -0.2) is 54.4 Å². The number of rotatable bonds is 5. The summed E-state index contributed by atoms with van der Waals surface area (Å²) in [5.41, 5.74) is 1.56. The summed E-state index contributed by atoms with van der Waals surface area (Å²) in [6.07, 6.45) is 4.88. The lowest BCUT2D eigenvalue weighted by atomic mass is 10.0.